The molecule has 2 N–H and O–H groups in total. The Morgan fingerprint density at radius 1 is 1.03 bits per heavy atom. The van der Waals surface area contributed by atoms with Crippen molar-refractivity contribution in [3.05, 3.63) is 81.5 Å². The highest BCUT2D eigenvalue weighted by Crippen LogP contribution is 2.28. The average molecular weight is 484 g/mol. The molecule has 1 aliphatic rings. The molecule has 174 valence electrons. The molecule has 1 unspecified atom stereocenters. The van der Waals surface area contributed by atoms with E-state index in [2.05, 4.69) is 26.4 Å². The van der Waals surface area contributed by atoms with E-state index in [-0.39, 0.29) is 16.8 Å². The Morgan fingerprint density at radius 2 is 1.76 bits per heavy atom. The van der Waals surface area contributed by atoms with Gasteiger partial charge in [0.15, 0.2) is 0 Å². The van der Waals surface area contributed by atoms with E-state index in [0.717, 1.165) is 24.2 Å². The summed E-state index contributed by atoms with van der Waals surface area (Å²) in [5, 5.41) is 5.10. The predicted octanol–water partition coefficient (Wildman–Crippen LogP) is 4.73. The van der Waals surface area contributed by atoms with E-state index in [1.807, 2.05) is 32.0 Å². The summed E-state index contributed by atoms with van der Waals surface area (Å²) in [6.45, 7) is 6.42. The van der Waals surface area contributed by atoms with Crippen LogP contribution in [0.4, 0.5) is 5.69 Å². The van der Waals surface area contributed by atoms with Crippen LogP contribution in [0.5, 0.6) is 0 Å². The summed E-state index contributed by atoms with van der Waals surface area (Å²) in [6.07, 6.45) is 2.36. The standard InChI is InChI=1S/C25H29N3O3S2/c1-18-7-5-8-22(19(18)2)27-33(30,31)21-12-10-20(11-13-21)25(29)26-17-23(24-9-6-16-32-24)28-14-3-4-15-28/h5-13,16,23,27H,3-4,14-15,17H2,1-2H3,(H,26,29). The molecule has 1 atom stereocenters. The lowest BCUT2D eigenvalue weighted by Crippen LogP contribution is -2.36. The molecule has 0 radical (unpaired) electrons. The molecule has 2 aromatic carbocycles. The molecule has 8 heteroatoms. The lowest BCUT2D eigenvalue weighted by atomic mass is 10.1. The number of carbonyl (C=O) groups is 1. The lowest BCUT2D eigenvalue weighted by molar-refractivity contribution is 0.0938. The molecule has 1 saturated heterocycles. The topological polar surface area (TPSA) is 78.5 Å². The minimum Gasteiger partial charge on any atom is -0.350 e. The smallest absolute Gasteiger partial charge is 0.261 e. The summed E-state index contributed by atoms with van der Waals surface area (Å²) in [6, 6.07) is 15.9. The van der Waals surface area contributed by atoms with Gasteiger partial charge in [0.25, 0.3) is 15.9 Å². The summed E-state index contributed by atoms with van der Waals surface area (Å²) < 4.78 is 28.3. The summed E-state index contributed by atoms with van der Waals surface area (Å²) >= 11 is 1.71. The summed E-state index contributed by atoms with van der Waals surface area (Å²) in [7, 11) is -3.75. The van der Waals surface area contributed by atoms with Crippen LogP contribution in [0.2, 0.25) is 0 Å². The van der Waals surface area contributed by atoms with Crippen LogP contribution >= 0.6 is 11.3 Å². The van der Waals surface area contributed by atoms with Crippen molar-refractivity contribution in [3.8, 4) is 0 Å². The van der Waals surface area contributed by atoms with Crippen LogP contribution < -0.4 is 10.0 Å². The van der Waals surface area contributed by atoms with Gasteiger partial charge in [0.1, 0.15) is 0 Å². The molecule has 0 aliphatic carbocycles. The molecule has 0 saturated carbocycles. The number of nitrogens with one attached hydrogen (secondary N) is 2. The quantitative estimate of drug-likeness (QED) is 0.485. The van der Waals surface area contributed by atoms with Crippen molar-refractivity contribution >= 4 is 33.0 Å². The summed E-state index contributed by atoms with van der Waals surface area (Å²) in [5.74, 6) is -0.206. The van der Waals surface area contributed by atoms with Crippen molar-refractivity contribution in [1.29, 1.82) is 0 Å². The van der Waals surface area contributed by atoms with Gasteiger partial charge in [0.2, 0.25) is 0 Å². The molecule has 33 heavy (non-hydrogen) atoms. The molecule has 4 rings (SSSR count). The van der Waals surface area contributed by atoms with E-state index in [1.54, 1.807) is 29.5 Å². The Morgan fingerprint density at radius 3 is 2.42 bits per heavy atom. The van der Waals surface area contributed by atoms with Gasteiger partial charge in [-0.25, -0.2) is 8.42 Å². The fourth-order valence-corrected chi connectivity index (χ4v) is 6.07. The number of benzene rings is 2. The van der Waals surface area contributed by atoms with Gasteiger partial charge in [-0.2, -0.15) is 0 Å². The van der Waals surface area contributed by atoms with Gasteiger partial charge >= 0.3 is 0 Å². The first-order valence-corrected chi connectivity index (χ1v) is 13.5. The molecule has 1 fully saturated rings. The molecule has 2 heterocycles. The van der Waals surface area contributed by atoms with Gasteiger partial charge in [0.05, 0.1) is 16.6 Å². The van der Waals surface area contributed by atoms with Gasteiger partial charge in [0, 0.05) is 17.0 Å². The van der Waals surface area contributed by atoms with Crippen LogP contribution in [0.1, 0.15) is 45.2 Å². The van der Waals surface area contributed by atoms with Gasteiger partial charge < -0.3 is 5.32 Å². The Balaban J connectivity index is 1.43. The number of hydrogen-bond acceptors (Lipinski definition) is 5. The van der Waals surface area contributed by atoms with Gasteiger partial charge in [-0.3, -0.25) is 14.4 Å². The van der Waals surface area contributed by atoms with E-state index < -0.39 is 10.0 Å². The third-order valence-corrected chi connectivity index (χ3v) is 8.54. The van der Waals surface area contributed by atoms with Crippen molar-refractivity contribution in [1.82, 2.24) is 10.2 Å². The fraction of sp³-hybridized carbons (Fsp3) is 0.320. The Kier molecular flexibility index (Phi) is 7.17. The molecule has 0 spiro atoms. The van der Waals surface area contributed by atoms with Gasteiger partial charge in [-0.05, 0) is 92.7 Å². The number of aryl methyl sites for hydroxylation is 1. The molecule has 0 bridgehead atoms. The number of thiophene rings is 1. The second-order valence-electron chi connectivity index (χ2n) is 8.36. The highest BCUT2D eigenvalue weighted by molar-refractivity contribution is 7.92. The van der Waals surface area contributed by atoms with Crippen molar-refractivity contribution < 1.29 is 13.2 Å². The van der Waals surface area contributed by atoms with Crippen LogP contribution in [0.3, 0.4) is 0 Å². The number of rotatable bonds is 8. The SMILES string of the molecule is Cc1cccc(NS(=O)(=O)c2ccc(C(=O)NCC(c3cccs3)N3CCCC3)cc2)c1C. The molecule has 3 aromatic rings. The van der Waals surface area contributed by atoms with E-state index >= 15 is 0 Å². The monoisotopic (exact) mass is 483 g/mol. The number of likely N-dealkylation sites (tertiary alicyclic amines) is 1. The number of hydrogen-bond donors (Lipinski definition) is 2. The maximum absolute atomic E-state index is 12.8. The minimum atomic E-state index is -3.75. The highest BCUT2D eigenvalue weighted by atomic mass is 32.2. The minimum absolute atomic E-state index is 0.119. The van der Waals surface area contributed by atoms with Gasteiger partial charge in [-0.15, -0.1) is 11.3 Å². The van der Waals surface area contributed by atoms with Crippen LogP contribution in [0.25, 0.3) is 0 Å². The lowest BCUT2D eigenvalue weighted by Gasteiger charge is -2.27. The molecule has 1 aromatic heterocycles. The molecule has 1 amide bonds. The number of anilines is 1. The molecular weight excluding hydrogens is 454 g/mol. The summed E-state index contributed by atoms with van der Waals surface area (Å²) in [4.78, 5) is 16.6. The van der Waals surface area contributed by atoms with E-state index in [0.29, 0.717) is 17.8 Å². The second-order valence-corrected chi connectivity index (χ2v) is 11.0. The van der Waals surface area contributed by atoms with Gasteiger partial charge in [-0.1, -0.05) is 18.2 Å². The number of carbonyl (C=O) groups excluding carboxylic acids is 1. The maximum Gasteiger partial charge on any atom is 0.261 e. The van der Waals surface area contributed by atoms with E-state index in [9.17, 15) is 13.2 Å². The van der Waals surface area contributed by atoms with E-state index in [4.69, 9.17) is 0 Å². The van der Waals surface area contributed by atoms with Crippen molar-refractivity contribution in [2.24, 2.45) is 0 Å². The first-order chi connectivity index (χ1) is 15.8. The first kappa shape index (κ1) is 23.5. The third kappa shape index (κ3) is 5.46. The van der Waals surface area contributed by atoms with Crippen molar-refractivity contribution in [3.63, 3.8) is 0 Å². The van der Waals surface area contributed by atoms with Crippen LogP contribution in [0.15, 0.2) is 64.9 Å². The molecule has 1 aliphatic heterocycles. The van der Waals surface area contributed by atoms with E-state index in [1.165, 1.54) is 29.9 Å². The fourth-order valence-electron chi connectivity index (χ4n) is 4.09. The zero-order chi connectivity index (χ0) is 23.4. The highest BCUT2D eigenvalue weighted by Gasteiger charge is 2.25. The Hall–Kier alpha value is -2.68. The molecular formula is C25H29N3O3S2. The zero-order valence-corrected chi connectivity index (χ0v) is 20.5. The van der Waals surface area contributed by atoms with Crippen molar-refractivity contribution in [2.45, 2.75) is 37.6 Å². The first-order valence-electron chi connectivity index (χ1n) is 11.1. The van der Waals surface area contributed by atoms with Crippen LogP contribution in [-0.2, 0) is 10.0 Å². The number of nitrogens with zero attached hydrogens (tertiary/aromatic N) is 1. The maximum atomic E-state index is 12.8. The Labute approximate surface area is 199 Å². The number of sulfonamides is 1. The normalized spacial score (nSPS) is 15.3. The number of amides is 1. The third-order valence-electron chi connectivity index (χ3n) is 6.18. The predicted molar refractivity (Wildman–Crippen MR) is 133 cm³/mol. The van der Waals surface area contributed by atoms with Crippen LogP contribution in [0, 0.1) is 13.8 Å². The average Bonchev–Trinajstić information content (AvgIpc) is 3.52. The zero-order valence-electron chi connectivity index (χ0n) is 18.9. The second kappa shape index (κ2) is 10.1. The van der Waals surface area contributed by atoms with Crippen LogP contribution in [-0.4, -0.2) is 38.9 Å². The van der Waals surface area contributed by atoms with Crippen molar-refractivity contribution in [2.75, 3.05) is 24.4 Å². The Bertz CT molecular complexity index is 1200. The largest absolute Gasteiger partial charge is 0.350 e. The molecule has 6 nitrogen and oxygen atoms in total. The summed E-state index contributed by atoms with van der Waals surface area (Å²) in [5.41, 5.74) is 2.89.